The summed E-state index contributed by atoms with van der Waals surface area (Å²) in [4.78, 5) is 8.67. The fourth-order valence-electron chi connectivity index (χ4n) is 9.66. The second-order valence-corrected chi connectivity index (χ2v) is 17.1. The van der Waals surface area contributed by atoms with Gasteiger partial charge in [-0.1, -0.05) is 127 Å². The van der Waals surface area contributed by atoms with Crippen molar-refractivity contribution in [1.29, 1.82) is 0 Å². The van der Waals surface area contributed by atoms with E-state index in [1.807, 2.05) is 11.8 Å². The first-order chi connectivity index (χ1) is 23.6. The van der Waals surface area contributed by atoms with E-state index in [0.717, 1.165) is 19.3 Å². The lowest BCUT2D eigenvalue weighted by molar-refractivity contribution is 0.502. The second-order valence-electron chi connectivity index (χ2n) is 14.9. The Labute approximate surface area is 293 Å². The monoisotopic (exact) mass is 662 g/mol. The van der Waals surface area contributed by atoms with Gasteiger partial charge in [-0.2, -0.15) is 0 Å². The molecule has 8 aliphatic rings. The van der Waals surface area contributed by atoms with Crippen LogP contribution in [0.2, 0.25) is 0 Å². The Hall–Kier alpha value is -3.60. The lowest BCUT2D eigenvalue weighted by Gasteiger charge is -2.36. The third-order valence-corrected chi connectivity index (χ3v) is 14.8. The molecule has 0 saturated heterocycles. The van der Waals surface area contributed by atoms with E-state index in [4.69, 9.17) is 0 Å². The van der Waals surface area contributed by atoms with E-state index in [0.29, 0.717) is 24.0 Å². The Morgan fingerprint density at radius 3 is 2.73 bits per heavy atom. The van der Waals surface area contributed by atoms with Crippen LogP contribution in [0.15, 0.2) is 151 Å². The van der Waals surface area contributed by atoms with Crippen molar-refractivity contribution < 1.29 is 0 Å². The number of allylic oxidation sites excluding steroid dienone is 10. The minimum Gasteiger partial charge on any atom is -0.384 e. The summed E-state index contributed by atoms with van der Waals surface area (Å²) in [6, 6.07) is 15.5. The van der Waals surface area contributed by atoms with Crippen LogP contribution < -0.4 is 10.2 Å². The summed E-state index contributed by atoms with van der Waals surface area (Å²) in [5.41, 5.74) is 13.7. The minimum absolute atomic E-state index is 0.176. The number of fused-ring (bicyclic) bond motifs is 6. The first kappa shape index (κ1) is 29.3. The maximum Gasteiger partial charge on any atom is 0.0586 e. The number of nitrogens with one attached hydrogen (secondary N) is 1. The molecular formula is C44H42N2S2. The normalized spacial score (nSPS) is 28.9. The number of thioether (sulfide) groups is 2. The highest BCUT2D eigenvalue weighted by Crippen LogP contribution is 2.63. The molecule has 10 rings (SSSR count). The van der Waals surface area contributed by atoms with Crippen molar-refractivity contribution in [1.82, 2.24) is 5.32 Å². The van der Waals surface area contributed by atoms with Crippen LogP contribution in [-0.4, -0.2) is 18.1 Å². The molecule has 0 fully saturated rings. The summed E-state index contributed by atoms with van der Waals surface area (Å²) in [6.07, 6.45) is 34.0. The van der Waals surface area contributed by atoms with Crippen LogP contribution in [0, 0.1) is 5.41 Å². The highest BCUT2D eigenvalue weighted by molar-refractivity contribution is 8.09. The van der Waals surface area contributed by atoms with Crippen molar-refractivity contribution in [2.45, 2.75) is 92.6 Å². The smallest absolute Gasteiger partial charge is 0.0586 e. The lowest BCUT2D eigenvalue weighted by Crippen LogP contribution is -2.41. The summed E-state index contributed by atoms with van der Waals surface area (Å²) in [7, 11) is 0. The zero-order chi connectivity index (χ0) is 32.0. The summed E-state index contributed by atoms with van der Waals surface area (Å²) in [5.74, 6) is 0.345. The average molecular weight is 663 g/mol. The predicted molar refractivity (Wildman–Crippen MR) is 204 cm³/mol. The topological polar surface area (TPSA) is 15.3 Å². The van der Waals surface area contributed by atoms with Gasteiger partial charge in [0.15, 0.2) is 0 Å². The van der Waals surface area contributed by atoms with Crippen LogP contribution >= 0.6 is 23.5 Å². The van der Waals surface area contributed by atoms with Gasteiger partial charge in [-0.25, -0.2) is 0 Å². The molecule has 2 nitrogen and oxygen atoms in total. The zero-order valence-corrected chi connectivity index (χ0v) is 29.5. The van der Waals surface area contributed by atoms with Crippen LogP contribution in [0.4, 0.5) is 5.69 Å². The molecule has 0 spiro atoms. The Morgan fingerprint density at radius 2 is 1.85 bits per heavy atom. The lowest BCUT2D eigenvalue weighted by atomic mass is 9.75. The Bertz CT molecular complexity index is 2040. The number of hydrogen-bond acceptors (Lipinski definition) is 4. The molecule has 48 heavy (non-hydrogen) atoms. The van der Waals surface area contributed by atoms with Gasteiger partial charge in [0.1, 0.15) is 0 Å². The van der Waals surface area contributed by atoms with Gasteiger partial charge >= 0.3 is 0 Å². The minimum atomic E-state index is 0.176. The van der Waals surface area contributed by atoms with E-state index in [2.05, 4.69) is 139 Å². The molecule has 0 bridgehead atoms. The van der Waals surface area contributed by atoms with E-state index < -0.39 is 0 Å². The molecule has 0 radical (unpaired) electrons. The first-order valence-electron chi connectivity index (χ1n) is 18.0. The molecule has 4 heteroatoms. The standard InChI is InChI=1S/C44H42N2S2/c1-44(2)34-15-7-6-13-31(34)41-35(44)20-23-40-43(41)48-42-30(14-10-17-39(42)47-40)27-18-21-37-32(25-27)33-26-28(36-16-8-9-24-45-36)19-22-38(33)46(37)29-11-4-3-5-12-29/h3-6,9-11,13-14,17-19,21-22,24-26,29,33,36,38,45H,7-8,12,15-16,20,23H2,1-2H3. The van der Waals surface area contributed by atoms with Crippen molar-refractivity contribution in [3.8, 4) is 11.1 Å². The molecule has 2 aromatic carbocycles. The van der Waals surface area contributed by atoms with Crippen molar-refractivity contribution in [3.05, 3.63) is 147 Å². The molecular weight excluding hydrogens is 621 g/mol. The van der Waals surface area contributed by atoms with Gasteiger partial charge < -0.3 is 10.2 Å². The highest BCUT2D eigenvalue weighted by atomic mass is 32.2. The predicted octanol–water partition coefficient (Wildman–Crippen LogP) is 11.5. The van der Waals surface area contributed by atoms with Crippen molar-refractivity contribution in [2.75, 3.05) is 4.90 Å². The molecule has 240 valence electrons. The molecule has 3 heterocycles. The maximum atomic E-state index is 3.65. The zero-order valence-electron chi connectivity index (χ0n) is 27.8. The molecule has 3 aliphatic heterocycles. The van der Waals surface area contributed by atoms with Gasteiger partial charge in [0.2, 0.25) is 0 Å². The molecule has 0 amide bonds. The van der Waals surface area contributed by atoms with E-state index in [9.17, 15) is 0 Å². The number of benzene rings is 2. The molecule has 1 N–H and O–H groups in total. The third kappa shape index (κ3) is 4.41. The van der Waals surface area contributed by atoms with E-state index in [-0.39, 0.29) is 5.41 Å². The molecule has 5 aliphatic carbocycles. The number of nitrogens with zero attached hydrogens (tertiary/aromatic N) is 1. The molecule has 0 aromatic heterocycles. The molecule has 4 unspecified atom stereocenters. The maximum absolute atomic E-state index is 3.65. The van der Waals surface area contributed by atoms with Crippen molar-refractivity contribution in [3.63, 3.8) is 0 Å². The van der Waals surface area contributed by atoms with Gasteiger partial charge in [-0.15, -0.1) is 0 Å². The Morgan fingerprint density at radius 1 is 0.896 bits per heavy atom. The average Bonchev–Trinajstić information content (AvgIpc) is 3.59. The van der Waals surface area contributed by atoms with Crippen LogP contribution in [0.5, 0.6) is 0 Å². The fourth-order valence-corrected chi connectivity index (χ4v) is 12.4. The fraction of sp³-hybridized carbons (Fsp3) is 0.318. The van der Waals surface area contributed by atoms with Crippen LogP contribution in [0.1, 0.15) is 70.3 Å². The van der Waals surface area contributed by atoms with Crippen molar-refractivity contribution >= 4 is 29.2 Å². The highest BCUT2D eigenvalue weighted by Gasteiger charge is 2.44. The third-order valence-electron chi connectivity index (χ3n) is 12.0. The van der Waals surface area contributed by atoms with Crippen molar-refractivity contribution in [2.24, 2.45) is 5.41 Å². The second kappa shape index (κ2) is 11.2. The Balaban J connectivity index is 1.06. The van der Waals surface area contributed by atoms with E-state index >= 15 is 0 Å². The van der Waals surface area contributed by atoms with E-state index in [1.165, 1.54) is 73.9 Å². The van der Waals surface area contributed by atoms with Gasteiger partial charge in [-0.3, -0.25) is 0 Å². The number of anilines is 1. The number of rotatable bonds is 3. The first-order valence-corrected chi connectivity index (χ1v) is 19.6. The molecule has 0 saturated carbocycles. The summed E-state index contributed by atoms with van der Waals surface area (Å²) < 4.78 is 0. The Kier molecular flexibility index (Phi) is 6.85. The van der Waals surface area contributed by atoms with Crippen LogP contribution in [0.25, 0.3) is 11.1 Å². The van der Waals surface area contributed by atoms with Crippen LogP contribution in [-0.2, 0) is 0 Å². The van der Waals surface area contributed by atoms with Gasteiger partial charge in [-0.05, 0) is 103 Å². The van der Waals surface area contributed by atoms with Crippen LogP contribution in [0.3, 0.4) is 0 Å². The number of hydrogen-bond donors (Lipinski definition) is 1. The van der Waals surface area contributed by atoms with E-state index in [1.54, 1.807) is 21.6 Å². The quantitative estimate of drug-likeness (QED) is 0.352. The van der Waals surface area contributed by atoms with Gasteiger partial charge in [0.25, 0.3) is 0 Å². The largest absolute Gasteiger partial charge is 0.384 e. The van der Waals surface area contributed by atoms with Gasteiger partial charge in [0.05, 0.1) is 18.1 Å². The summed E-state index contributed by atoms with van der Waals surface area (Å²) in [6.45, 7) is 4.97. The summed E-state index contributed by atoms with van der Waals surface area (Å²) >= 11 is 4.10. The molecule has 2 aromatic rings. The SMILES string of the molecule is CC1(C)C2=C(C=CCC2)C2=C1CCC1=C2Sc2c(cccc2-c2ccc3c(c2)C2C=C(C4CCC=CN4)C=CC2N3C2C=CC=CC2)S1. The summed E-state index contributed by atoms with van der Waals surface area (Å²) in [5, 5.41) is 3.65. The van der Waals surface area contributed by atoms with Gasteiger partial charge in [0, 0.05) is 36.6 Å². The molecule has 4 atom stereocenters.